The van der Waals surface area contributed by atoms with Gasteiger partial charge >= 0.3 is 0 Å². The van der Waals surface area contributed by atoms with E-state index in [2.05, 4.69) is 36.8 Å². The van der Waals surface area contributed by atoms with Crippen LogP contribution in [0.4, 0.5) is 5.69 Å². The Hall–Kier alpha value is -0.960. The number of halogens is 2. The molecule has 2 aromatic rings. The predicted molar refractivity (Wildman–Crippen MR) is 89.1 cm³/mol. The van der Waals surface area contributed by atoms with Crippen LogP contribution < -0.4 is 5.73 Å². The molecule has 0 radical (unpaired) electrons. The maximum absolute atomic E-state index is 12.7. The van der Waals surface area contributed by atoms with Gasteiger partial charge in [-0.1, -0.05) is 6.07 Å². The number of nitrogen functional groups attached to an aromatic ring is 1. The molecule has 0 aliphatic rings. The van der Waals surface area contributed by atoms with Gasteiger partial charge in [0.15, 0.2) is 0 Å². The van der Waals surface area contributed by atoms with Crippen molar-refractivity contribution < 1.29 is 8.42 Å². The molecule has 0 saturated carbocycles. The van der Waals surface area contributed by atoms with Crippen molar-refractivity contribution in [1.29, 1.82) is 0 Å². The zero-order valence-electron chi connectivity index (χ0n) is 11.1. The van der Waals surface area contributed by atoms with Crippen LogP contribution in [0.3, 0.4) is 0 Å². The molecule has 0 fully saturated rings. The summed E-state index contributed by atoms with van der Waals surface area (Å²) in [4.78, 5) is 4.28. The second-order valence-electron chi connectivity index (χ2n) is 4.40. The van der Waals surface area contributed by atoms with Crippen molar-refractivity contribution in [2.45, 2.75) is 11.4 Å². The first-order valence-electron chi connectivity index (χ1n) is 5.93. The van der Waals surface area contributed by atoms with Gasteiger partial charge in [-0.05, 0) is 56.1 Å². The number of nitrogens with zero attached hydrogens (tertiary/aromatic N) is 2. The van der Waals surface area contributed by atoms with Gasteiger partial charge in [0, 0.05) is 27.9 Å². The number of sulfonamides is 1. The average Bonchev–Trinajstić information content (AvgIpc) is 2.38. The van der Waals surface area contributed by atoms with E-state index < -0.39 is 10.0 Å². The highest BCUT2D eigenvalue weighted by Crippen LogP contribution is 2.34. The molecule has 0 spiro atoms. The number of nitrogens with two attached hydrogens (primary N) is 1. The molecule has 112 valence electrons. The van der Waals surface area contributed by atoms with E-state index in [0.717, 1.165) is 0 Å². The van der Waals surface area contributed by atoms with Gasteiger partial charge in [-0.15, -0.1) is 0 Å². The van der Waals surface area contributed by atoms with Crippen LogP contribution in [0.5, 0.6) is 0 Å². The van der Waals surface area contributed by atoms with E-state index in [1.165, 1.54) is 11.4 Å². The van der Waals surface area contributed by atoms with E-state index in [1.807, 2.05) is 6.07 Å². The highest BCUT2D eigenvalue weighted by Gasteiger charge is 2.26. The molecule has 21 heavy (non-hydrogen) atoms. The third-order valence-corrected chi connectivity index (χ3v) is 6.48. The molecule has 0 saturated heterocycles. The Labute approximate surface area is 140 Å². The van der Waals surface area contributed by atoms with Crippen LogP contribution in [0.15, 0.2) is 50.4 Å². The van der Waals surface area contributed by atoms with Crippen LogP contribution in [0, 0.1) is 0 Å². The number of benzene rings is 1. The number of anilines is 1. The summed E-state index contributed by atoms with van der Waals surface area (Å²) in [5.74, 6) is 0. The van der Waals surface area contributed by atoms with Crippen molar-refractivity contribution in [3.8, 4) is 0 Å². The SMILES string of the molecule is CN(Cc1ccccn1)S(=O)(=O)c1c(Br)cc(N)cc1Br. The lowest BCUT2D eigenvalue weighted by atomic mass is 10.3. The van der Waals surface area contributed by atoms with Gasteiger partial charge in [0.25, 0.3) is 0 Å². The van der Waals surface area contributed by atoms with Crippen molar-refractivity contribution >= 4 is 47.6 Å². The summed E-state index contributed by atoms with van der Waals surface area (Å²) in [6.45, 7) is 0.187. The molecule has 2 rings (SSSR count). The Morgan fingerprint density at radius 2 is 1.86 bits per heavy atom. The molecule has 8 heteroatoms. The zero-order chi connectivity index (χ0) is 15.6. The van der Waals surface area contributed by atoms with Gasteiger partial charge in [0.2, 0.25) is 10.0 Å². The number of hydrogen-bond donors (Lipinski definition) is 1. The lowest BCUT2D eigenvalue weighted by Gasteiger charge is -2.19. The van der Waals surface area contributed by atoms with Crippen LogP contribution >= 0.6 is 31.9 Å². The van der Waals surface area contributed by atoms with Crippen LogP contribution in [0.2, 0.25) is 0 Å². The van der Waals surface area contributed by atoms with Crippen LogP contribution in [-0.2, 0) is 16.6 Å². The highest BCUT2D eigenvalue weighted by atomic mass is 79.9. The second kappa shape index (κ2) is 6.43. The summed E-state index contributed by atoms with van der Waals surface area (Å²) < 4.78 is 27.5. The molecular formula is C13H13Br2N3O2S. The molecule has 2 N–H and O–H groups in total. The lowest BCUT2D eigenvalue weighted by Crippen LogP contribution is -2.27. The van der Waals surface area contributed by atoms with E-state index in [-0.39, 0.29) is 11.4 Å². The Kier molecular flexibility index (Phi) is 5.03. The molecular weight excluding hydrogens is 422 g/mol. The molecule has 0 atom stereocenters. The summed E-state index contributed by atoms with van der Waals surface area (Å²) in [7, 11) is -2.16. The van der Waals surface area contributed by atoms with Crippen molar-refractivity contribution in [2.75, 3.05) is 12.8 Å². The van der Waals surface area contributed by atoms with Gasteiger partial charge in [0.05, 0.1) is 12.2 Å². The standard InChI is InChI=1S/C13H13Br2N3O2S/c1-18(8-10-4-2-3-5-17-10)21(19,20)13-11(14)6-9(16)7-12(13)15/h2-7H,8,16H2,1H3. The van der Waals surface area contributed by atoms with E-state index in [0.29, 0.717) is 20.3 Å². The summed E-state index contributed by atoms with van der Waals surface area (Å²) >= 11 is 6.51. The quantitative estimate of drug-likeness (QED) is 0.750. The van der Waals surface area contributed by atoms with Crippen molar-refractivity contribution in [3.05, 3.63) is 51.2 Å². The molecule has 1 aromatic carbocycles. The maximum Gasteiger partial charge on any atom is 0.245 e. The third kappa shape index (κ3) is 3.63. The van der Waals surface area contributed by atoms with Gasteiger partial charge in [-0.3, -0.25) is 4.98 Å². The third-order valence-electron chi connectivity index (χ3n) is 2.80. The van der Waals surface area contributed by atoms with Crippen molar-refractivity contribution in [3.63, 3.8) is 0 Å². The number of rotatable bonds is 4. The van der Waals surface area contributed by atoms with Crippen LogP contribution in [0.1, 0.15) is 5.69 Å². The van der Waals surface area contributed by atoms with Gasteiger partial charge in [-0.25, -0.2) is 8.42 Å². The van der Waals surface area contributed by atoms with E-state index in [1.54, 1.807) is 30.5 Å². The minimum absolute atomic E-state index is 0.148. The van der Waals surface area contributed by atoms with E-state index in [9.17, 15) is 8.42 Å². The Morgan fingerprint density at radius 1 is 1.24 bits per heavy atom. The van der Waals surface area contributed by atoms with Crippen LogP contribution in [-0.4, -0.2) is 24.8 Å². The van der Waals surface area contributed by atoms with Gasteiger partial charge < -0.3 is 5.73 Å². The first-order valence-corrected chi connectivity index (χ1v) is 8.95. The summed E-state index contributed by atoms with van der Waals surface area (Å²) in [6, 6.07) is 8.50. The zero-order valence-corrected chi connectivity index (χ0v) is 15.1. The minimum atomic E-state index is -3.67. The fourth-order valence-electron chi connectivity index (χ4n) is 1.79. The topological polar surface area (TPSA) is 76.3 Å². The fourth-order valence-corrected chi connectivity index (χ4v) is 5.46. The largest absolute Gasteiger partial charge is 0.399 e. The first-order chi connectivity index (χ1) is 9.82. The molecule has 1 aromatic heterocycles. The Balaban J connectivity index is 2.38. The number of aromatic nitrogens is 1. The van der Waals surface area contributed by atoms with E-state index >= 15 is 0 Å². The smallest absolute Gasteiger partial charge is 0.245 e. The summed E-state index contributed by atoms with van der Waals surface area (Å²) in [5.41, 5.74) is 6.84. The molecule has 0 unspecified atom stereocenters. The second-order valence-corrected chi connectivity index (χ2v) is 8.09. The number of pyridine rings is 1. The average molecular weight is 435 g/mol. The molecule has 0 aliphatic carbocycles. The highest BCUT2D eigenvalue weighted by molar-refractivity contribution is 9.11. The lowest BCUT2D eigenvalue weighted by molar-refractivity contribution is 0.461. The summed E-state index contributed by atoms with van der Waals surface area (Å²) in [5, 5.41) is 0. The van der Waals surface area contributed by atoms with Crippen LogP contribution in [0.25, 0.3) is 0 Å². The minimum Gasteiger partial charge on any atom is -0.399 e. The monoisotopic (exact) mass is 433 g/mol. The van der Waals surface area contributed by atoms with Crippen molar-refractivity contribution in [1.82, 2.24) is 9.29 Å². The molecule has 0 aliphatic heterocycles. The van der Waals surface area contributed by atoms with Gasteiger partial charge in [0.1, 0.15) is 4.90 Å². The van der Waals surface area contributed by atoms with Crippen molar-refractivity contribution in [2.24, 2.45) is 0 Å². The van der Waals surface area contributed by atoms with Gasteiger partial charge in [-0.2, -0.15) is 4.31 Å². The fraction of sp³-hybridized carbons (Fsp3) is 0.154. The Bertz CT molecular complexity index is 728. The molecule has 1 heterocycles. The first kappa shape index (κ1) is 16.4. The summed E-state index contributed by atoms with van der Waals surface area (Å²) in [6.07, 6.45) is 1.63. The normalized spacial score (nSPS) is 11.8. The molecule has 5 nitrogen and oxygen atoms in total. The Morgan fingerprint density at radius 3 is 2.38 bits per heavy atom. The van der Waals surface area contributed by atoms with E-state index in [4.69, 9.17) is 5.73 Å². The molecule has 0 bridgehead atoms. The maximum atomic E-state index is 12.7. The number of hydrogen-bond acceptors (Lipinski definition) is 4. The predicted octanol–water partition coefficient (Wildman–Crippen LogP) is 3.01. The molecule has 0 amide bonds.